The van der Waals surface area contributed by atoms with Crippen LogP contribution in [0.4, 0.5) is 5.69 Å². The van der Waals surface area contributed by atoms with Gasteiger partial charge in [0.15, 0.2) is 0 Å². The lowest BCUT2D eigenvalue weighted by molar-refractivity contribution is -0.138. The minimum Gasteiger partial charge on any atom is -0.494 e. The first-order valence-electron chi connectivity index (χ1n) is 7.58. The minimum absolute atomic E-state index is 0.212. The zero-order chi connectivity index (χ0) is 16.2. The molecule has 1 amide bonds. The highest BCUT2D eigenvalue weighted by Gasteiger charge is 2.47. The van der Waals surface area contributed by atoms with Gasteiger partial charge in [0.2, 0.25) is 0 Å². The molecule has 2 rings (SSSR count). The first-order chi connectivity index (χ1) is 10.5. The fraction of sp³-hybridized carbons (Fsp3) is 0.529. The Hall–Kier alpha value is -2.06. The molecule has 22 heavy (non-hydrogen) atoms. The van der Waals surface area contributed by atoms with E-state index in [1.165, 1.54) is 0 Å². The summed E-state index contributed by atoms with van der Waals surface area (Å²) < 4.78 is 10.9. The molecule has 0 saturated heterocycles. The molecule has 1 atom stereocenters. The van der Waals surface area contributed by atoms with Crippen molar-refractivity contribution < 1.29 is 14.3 Å². The summed E-state index contributed by atoms with van der Waals surface area (Å²) >= 11 is 0. The maximum atomic E-state index is 12.5. The molecule has 0 bridgehead atoms. The van der Waals surface area contributed by atoms with Crippen LogP contribution in [0.3, 0.4) is 0 Å². The van der Waals surface area contributed by atoms with E-state index in [2.05, 4.69) is 11.4 Å². The monoisotopic (exact) mass is 302 g/mol. The maximum absolute atomic E-state index is 12.5. The lowest BCUT2D eigenvalue weighted by Crippen LogP contribution is -2.44. The van der Waals surface area contributed by atoms with Gasteiger partial charge in [0.05, 0.1) is 17.9 Å². The molecule has 5 heteroatoms. The normalized spacial score (nSPS) is 16.5. The number of nitrogens with zero attached hydrogens (tertiary/aromatic N) is 1. The average Bonchev–Trinajstić information content (AvgIpc) is 3.38. The molecular formula is C17H22N2O3. The molecule has 1 aromatic rings. The van der Waals surface area contributed by atoms with E-state index in [0.29, 0.717) is 23.6 Å². The highest BCUT2D eigenvalue weighted by molar-refractivity contribution is 5.98. The number of benzene rings is 1. The molecule has 1 unspecified atom stereocenters. The van der Waals surface area contributed by atoms with Crippen molar-refractivity contribution in [2.24, 2.45) is 5.92 Å². The number of nitriles is 1. The maximum Gasteiger partial charge on any atom is 0.256 e. The molecule has 1 N–H and O–H groups in total. The molecule has 1 aliphatic rings. The minimum atomic E-state index is -0.843. The summed E-state index contributed by atoms with van der Waals surface area (Å²) in [5.74, 6) is 0.666. The standard InChI is InChI=1S/C17H22N2O3/c1-4-9-22-14-7-8-15(12(10-14)11-18)19-16(20)17(2,21-3)13-5-6-13/h7-8,10,13H,4-6,9H2,1-3H3,(H,19,20). The predicted octanol–water partition coefficient (Wildman–Crippen LogP) is 3.10. The Balaban J connectivity index is 2.15. The van der Waals surface area contributed by atoms with E-state index in [9.17, 15) is 10.1 Å². The SMILES string of the molecule is CCCOc1ccc(NC(=O)C(C)(OC)C2CC2)c(C#N)c1. The number of methoxy groups -OCH3 is 1. The highest BCUT2D eigenvalue weighted by Crippen LogP contribution is 2.42. The average molecular weight is 302 g/mol. The van der Waals surface area contributed by atoms with Crippen LogP contribution in [-0.4, -0.2) is 25.2 Å². The van der Waals surface area contributed by atoms with Crippen molar-refractivity contribution in [1.82, 2.24) is 0 Å². The predicted molar refractivity (Wildman–Crippen MR) is 83.7 cm³/mol. The Labute approximate surface area is 131 Å². The van der Waals surface area contributed by atoms with Gasteiger partial charge in [-0.05, 0) is 50.3 Å². The number of hydrogen-bond donors (Lipinski definition) is 1. The van der Waals surface area contributed by atoms with Gasteiger partial charge in [0.25, 0.3) is 5.91 Å². The van der Waals surface area contributed by atoms with Gasteiger partial charge >= 0.3 is 0 Å². The van der Waals surface area contributed by atoms with Crippen molar-refractivity contribution in [3.63, 3.8) is 0 Å². The number of carbonyl (C=O) groups is 1. The first-order valence-corrected chi connectivity index (χ1v) is 7.58. The van der Waals surface area contributed by atoms with Crippen molar-refractivity contribution in [3.05, 3.63) is 23.8 Å². The number of nitrogens with one attached hydrogen (secondary N) is 1. The van der Waals surface area contributed by atoms with Gasteiger partial charge in [-0.15, -0.1) is 0 Å². The number of amides is 1. The lowest BCUT2D eigenvalue weighted by atomic mass is 9.98. The van der Waals surface area contributed by atoms with Crippen LogP contribution in [0, 0.1) is 17.2 Å². The van der Waals surface area contributed by atoms with Crippen molar-refractivity contribution in [2.75, 3.05) is 19.0 Å². The van der Waals surface area contributed by atoms with E-state index in [1.54, 1.807) is 32.2 Å². The van der Waals surface area contributed by atoms with E-state index in [1.807, 2.05) is 6.92 Å². The van der Waals surface area contributed by atoms with E-state index in [0.717, 1.165) is 19.3 Å². The Bertz CT molecular complexity index is 590. The molecule has 0 spiro atoms. The van der Waals surface area contributed by atoms with Crippen LogP contribution < -0.4 is 10.1 Å². The molecule has 0 aliphatic heterocycles. The smallest absolute Gasteiger partial charge is 0.256 e. The van der Waals surface area contributed by atoms with E-state index < -0.39 is 5.60 Å². The van der Waals surface area contributed by atoms with Crippen LogP contribution >= 0.6 is 0 Å². The summed E-state index contributed by atoms with van der Waals surface area (Å²) in [5, 5.41) is 12.1. The lowest BCUT2D eigenvalue weighted by Gasteiger charge is -2.27. The van der Waals surface area contributed by atoms with Crippen LogP contribution in [0.25, 0.3) is 0 Å². The van der Waals surface area contributed by atoms with Crippen molar-refractivity contribution >= 4 is 11.6 Å². The Morgan fingerprint density at radius 2 is 2.23 bits per heavy atom. The summed E-state index contributed by atoms with van der Waals surface area (Å²) in [7, 11) is 1.55. The molecule has 1 aliphatic carbocycles. The molecule has 0 aromatic heterocycles. The number of anilines is 1. The van der Waals surface area contributed by atoms with Crippen molar-refractivity contribution in [3.8, 4) is 11.8 Å². The number of ether oxygens (including phenoxy) is 2. The summed E-state index contributed by atoms with van der Waals surface area (Å²) in [6.45, 7) is 4.41. The summed E-state index contributed by atoms with van der Waals surface area (Å²) in [6, 6.07) is 7.20. The fourth-order valence-electron chi connectivity index (χ4n) is 2.36. The molecule has 1 fully saturated rings. The van der Waals surface area contributed by atoms with Gasteiger partial charge in [0, 0.05) is 7.11 Å². The van der Waals surface area contributed by atoms with Crippen LogP contribution in [0.15, 0.2) is 18.2 Å². The van der Waals surface area contributed by atoms with Gasteiger partial charge in [-0.25, -0.2) is 0 Å². The largest absolute Gasteiger partial charge is 0.494 e. The van der Waals surface area contributed by atoms with Gasteiger partial charge in [-0.3, -0.25) is 4.79 Å². The Morgan fingerprint density at radius 3 is 2.77 bits per heavy atom. The molecule has 0 heterocycles. The third kappa shape index (κ3) is 3.40. The van der Waals surface area contributed by atoms with Crippen LogP contribution in [0.2, 0.25) is 0 Å². The molecule has 118 valence electrons. The van der Waals surface area contributed by atoms with Crippen molar-refractivity contribution in [2.45, 2.75) is 38.7 Å². The summed E-state index contributed by atoms with van der Waals surface area (Å²) in [5.41, 5.74) is 0.0286. The van der Waals surface area contributed by atoms with Gasteiger partial charge in [-0.2, -0.15) is 5.26 Å². The Kier molecular flexibility index (Phi) is 5.04. The molecular weight excluding hydrogens is 280 g/mol. The van der Waals surface area contributed by atoms with Crippen LogP contribution in [-0.2, 0) is 9.53 Å². The molecule has 0 radical (unpaired) electrons. The van der Waals surface area contributed by atoms with E-state index in [-0.39, 0.29) is 11.8 Å². The van der Waals surface area contributed by atoms with Gasteiger partial charge in [0.1, 0.15) is 17.4 Å². The third-order valence-corrected chi connectivity index (χ3v) is 4.06. The third-order valence-electron chi connectivity index (χ3n) is 4.06. The number of rotatable bonds is 7. The number of hydrogen-bond acceptors (Lipinski definition) is 4. The quantitative estimate of drug-likeness (QED) is 0.840. The zero-order valence-corrected chi connectivity index (χ0v) is 13.3. The second-order valence-corrected chi connectivity index (χ2v) is 5.71. The molecule has 1 aromatic carbocycles. The van der Waals surface area contributed by atoms with Crippen LogP contribution in [0.1, 0.15) is 38.7 Å². The zero-order valence-electron chi connectivity index (χ0n) is 13.3. The summed E-state index contributed by atoms with van der Waals surface area (Å²) in [4.78, 5) is 12.5. The van der Waals surface area contributed by atoms with E-state index >= 15 is 0 Å². The van der Waals surface area contributed by atoms with Gasteiger partial charge in [-0.1, -0.05) is 6.92 Å². The number of carbonyl (C=O) groups excluding carboxylic acids is 1. The first kappa shape index (κ1) is 16.3. The Morgan fingerprint density at radius 1 is 1.50 bits per heavy atom. The second kappa shape index (κ2) is 6.80. The second-order valence-electron chi connectivity index (χ2n) is 5.71. The highest BCUT2D eigenvalue weighted by atomic mass is 16.5. The van der Waals surface area contributed by atoms with Crippen LogP contribution in [0.5, 0.6) is 5.75 Å². The van der Waals surface area contributed by atoms with E-state index in [4.69, 9.17) is 9.47 Å². The van der Waals surface area contributed by atoms with Crippen molar-refractivity contribution in [1.29, 1.82) is 5.26 Å². The molecule has 1 saturated carbocycles. The summed E-state index contributed by atoms with van der Waals surface area (Å²) in [6.07, 6.45) is 2.88. The van der Waals surface area contributed by atoms with Gasteiger partial charge < -0.3 is 14.8 Å². The molecule has 5 nitrogen and oxygen atoms in total. The fourth-order valence-corrected chi connectivity index (χ4v) is 2.36. The topological polar surface area (TPSA) is 71.3 Å².